The van der Waals surface area contributed by atoms with Gasteiger partial charge in [-0.25, -0.2) is 0 Å². The Kier molecular flexibility index (Phi) is 40.8. The summed E-state index contributed by atoms with van der Waals surface area (Å²) in [4.78, 5) is 20.0. The molecule has 0 fully saturated rings. The minimum absolute atomic E-state index is 0. The van der Waals surface area contributed by atoms with Crippen LogP contribution in [0.3, 0.4) is 0 Å². The standard InChI is InChI=1S/2C5H8O2.2C2H4.Ru/c2*1-4(6)3-5(2)7;2*1-2;/h2*3,6H,1-2H3;2*1-2H2;/q;;;;+2/p-2/b2*4-3-;;;. The van der Waals surface area contributed by atoms with Crippen molar-refractivity contribution in [3.63, 3.8) is 0 Å². The van der Waals surface area contributed by atoms with Crippen LogP contribution in [0.15, 0.2) is 50.0 Å². The predicted molar refractivity (Wildman–Crippen MR) is 71.4 cm³/mol. The average Bonchev–Trinajstić information content (AvgIpc) is 2.20. The molecular weight excluding hydrogens is 333 g/mol. The summed E-state index contributed by atoms with van der Waals surface area (Å²) in [5.74, 6) is -0.750. The minimum atomic E-state index is -0.187. The number of carbonyl (C=O) groups excluding carboxylic acids is 2. The average molecular weight is 355 g/mol. The maximum atomic E-state index is 9.98. The summed E-state index contributed by atoms with van der Waals surface area (Å²) in [7, 11) is 0. The van der Waals surface area contributed by atoms with Gasteiger partial charge in [-0.05, 0) is 26.0 Å². The van der Waals surface area contributed by atoms with Crippen molar-refractivity contribution in [2.45, 2.75) is 27.7 Å². The quantitative estimate of drug-likeness (QED) is 0.323. The first-order valence-corrected chi connectivity index (χ1v) is 4.97. The van der Waals surface area contributed by atoms with Crippen LogP contribution in [-0.4, -0.2) is 11.6 Å². The summed E-state index contributed by atoms with van der Waals surface area (Å²) in [5.41, 5.74) is 0. The Hall–Kier alpha value is -1.48. The number of allylic oxidation sites excluding steroid dienone is 4. The van der Waals surface area contributed by atoms with Crippen LogP contribution in [0.2, 0.25) is 0 Å². The van der Waals surface area contributed by atoms with E-state index in [0.29, 0.717) is 0 Å². The first-order valence-electron chi connectivity index (χ1n) is 4.97. The van der Waals surface area contributed by atoms with Crippen LogP contribution >= 0.6 is 0 Å². The third kappa shape index (κ3) is 81.9. The monoisotopic (exact) mass is 356 g/mol. The van der Waals surface area contributed by atoms with E-state index >= 15 is 0 Å². The molecule has 110 valence electrons. The van der Waals surface area contributed by atoms with Crippen molar-refractivity contribution >= 4 is 11.6 Å². The number of hydrogen-bond donors (Lipinski definition) is 0. The first-order chi connectivity index (χ1) is 8.25. The molecule has 0 spiro atoms. The van der Waals surface area contributed by atoms with Crippen molar-refractivity contribution in [2.75, 3.05) is 0 Å². The van der Waals surface area contributed by atoms with E-state index in [1.54, 1.807) is 0 Å². The van der Waals surface area contributed by atoms with E-state index in [9.17, 15) is 19.8 Å². The van der Waals surface area contributed by atoms with Gasteiger partial charge in [0.05, 0.1) is 0 Å². The largest absolute Gasteiger partial charge is 2.00 e. The Balaban J connectivity index is -0.0000000522. The van der Waals surface area contributed by atoms with Crippen LogP contribution in [0.4, 0.5) is 0 Å². The molecule has 0 radical (unpaired) electrons. The minimum Gasteiger partial charge on any atom is -0.876 e. The van der Waals surface area contributed by atoms with E-state index < -0.39 is 0 Å². The molecule has 0 saturated heterocycles. The SMILES string of the molecule is C=C.C=C.CC(=O)/C=C(/C)[O-].CC(=O)/C=C(/C)[O-].[Ru+2]. The van der Waals surface area contributed by atoms with E-state index in [0.717, 1.165) is 12.2 Å². The van der Waals surface area contributed by atoms with Crippen LogP contribution in [0.1, 0.15) is 27.7 Å². The van der Waals surface area contributed by atoms with Crippen molar-refractivity contribution in [2.24, 2.45) is 0 Å². The van der Waals surface area contributed by atoms with Crippen molar-refractivity contribution in [3.8, 4) is 0 Å². The Labute approximate surface area is 129 Å². The van der Waals surface area contributed by atoms with Crippen LogP contribution < -0.4 is 10.2 Å². The smallest absolute Gasteiger partial charge is 0.876 e. The van der Waals surface area contributed by atoms with Crippen LogP contribution in [0.25, 0.3) is 0 Å². The van der Waals surface area contributed by atoms with Gasteiger partial charge in [0.15, 0.2) is 11.6 Å². The molecule has 0 aromatic heterocycles. The maximum absolute atomic E-state index is 9.98. The van der Waals surface area contributed by atoms with E-state index in [-0.39, 0.29) is 42.6 Å². The van der Waals surface area contributed by atoms with Crippen molar-refractivity contribution in [3.05, 3.63) is 50.0 Å². The molecule has 0 N–H and O–H groups in total. The van der Waals surface area contributed by atoms with E-state index in [2.05, 4.69) is 26.3 Å². The fraction of sp³-hybridized carbons (Fsp3) is 0.286. The Morgan fingerprint density at radius 1 is 0.737 bits per heavy atom. The normalized spacial score (nSPS) is 8.84. The van der Waals surface area contributed by atoms with Gasteiger partial charge in [-0.3, -0.25) is 9.59 Å². The summed E-state index contributed by atoms with van der Waals surface area (Å²) in [6.45, 7) is 17.4. The first kappa shape index (κ1) is 30.5. The molecule has 0 aliphatic rings. The molecule has 19 heavy (non-hydrogen) atoms. The molecule has 0 aromatic carbocycles. The van der Waals surface area contributed by atoms with Crippen molar-refractivity contribution in [1.82, 2.24) is 0 Å². The zero-order valence-corrected chi connectivity index (χ0v) is 13.7. The van der Waals surface area contributed by atoms with Gasteiger partial charge in [0, 0.05) is 0 Å². The Morgan fingerprint density at radius 2 is 0.895 bits per heavy atom. The topological polar surface area (TPSA) is 80.3 Å². The maximum Gasteiger partial charge on any atom is 2.00 e. The second kappa shape index (κ2) is 25.4. The molecule has 5 heteroatoms. The zero-order valence-electron chi connectivity index (χ0n) is 12.0. The number of ketones is 2. The zero-order chi connectivity index (χ0) is 15.7. The third-order valence-corrected chi connectivity index (χ3v) is 0.813. The van der Waals surface area contributed by atoms with Crippen LogP contribution in [0, 0.1) is 0 Å². The van der Waals surface area contributed by atoms with Gasteiger partial charge in [0.25, 0.3) is 0 Å². The molecule has 0 atom stereocenters. The number of carbonyl (C=O) groups is 2. The van der Waals surface area contributed by atoms with Crippen molar-refractivity contribution < 1.29 is 39.3 Å². The van der Waals surface area contributed by atoms with E-state index in [4.69, 9.17) is 0 Å². The van der Waals surface area contributed by atoms with Gasteiger partial charge in [0.1, 0.15) is 0 Å². The van der Waals surface area contributed by atoms with Gasteiger partial charge in [-0.15, -0.1) is 37.8 Å². The second-order valence-corrected chi connectivity index (χ2v) is 2.73. The van der Waals surface area contributed by atoms with Crippen LogP contribution in [-0.2, 0) is 29.1 Å². The summed E-state index contributed by atoms with van der Waals surface area (Å²) in [6, 6.07) is 0. The van der Waals surface area contributed by atoms with Crippen LogP contribution in [0.5, 0.6) is 0 Å². The van der Waals surface area contributed by atoms with Gasteiger partial charge in [-0.2, -0.15) is 0 Å². The second-order valence-electron chi connectivity index (χ2n) is 2.73. The summed E-state index contributed by atoms with van der Waals surface area (Å²) in [6.07, 6.45) is 2.11. The molecule has 0 bridgehead atoms. The summed E-state index contributed by atoms with van der Waals surface area (Å²) >= 11 is 0. The fourth-order valence-electron chi connectivity index (χ4n) is 0.572. The summed E-state index contributed by atoms with van der Waals surface area (Å²) in [5, 5.41) is 20.0. The van der Waals surface area contributed by atoms with Gasteiger partial charge in [0.2, 0.25) is 0 Å². The summed E-state index contributed by atoms with van der Waals surface area (Å²) < 4.78 is 0. The molecule has 0 aliphatic heterocycles. The molecule has 0 aromatic rings. The van der Waals surface area contributed by atoms with E-state index in [1.807, 2.05) is 0 Å². The van der Waals surface area contributed by atoms with Crippen molar-refractivity contribution in [1.29, 1.82) is 0 Å². The van der Waals surface area contributed by atoms with Gasteiger partial charge in [-0.1, -0.05) is 13.8 Å². The molecule has 4 nitrogen and oxygen atoms in total. The van der Waals surface area contributed by atoms with Gasteiger partial charge < -0.3 is 10.2 Å². The molecule has 0 unspecified atom stereocenters. The van der Waals surface area contributed by atoms with Gasteiger partial charge >= 0.3 is 19.5 Å². The molecule has 0 saturated carbocycles. The Morgan fingerprint density at radius 3 is 0.895 bits per heavy atom. The molecule has 0 amide bonds. The number of hydrogen-bond acceptors (Lipinski definition) is 4. The molecule has 0 rings (SSSR count). The molecule has 0 aliphatic carbocycles. The van der Waals surface area contributed by atoms with E-state index in [1.165, 1.54) is 27.7 Å². The molecular formula is C14H22O4Ru. The Bertz CT molecular complexity index is 256. The molecule has 0 heterocycles. The number of rotatable bonds is 2. The predicted octanol–water partition coefficient (Wildman–Crippen LogP) is 1.28. The fourth-order valence-corrected chi connectivity index (χ4v) is 0.572. The third-order valence-electron chi connectivity index (χ3n) is 0.813.